The highest BCUT2D eigenvalue weighted by Crippen LogP contribution is 2.32. The predicted octanol–water partition coefficient (Wildman–Crippen LogP) is 7.19. The maximum atomic E-state index is 11.0. The molecule has 1 heterocycles. The number of carbonyl (C=O) groups is 1. The summed E-state index contributed by atoms with van der Waals surface area (Å²) >= 11 is 7.71. The first-order chi connectivity index (χ1) is 13.5. The van der Waals surface area contributed by atoms with Gasteiger partial charge in [-0.05, 0) is 41.8 Å². The van der Waals surface area contributed by atoms with Crippen LogP contribution in [0.4, 0.5) is 0 Å². The van der Waals surface area contributed by atoms with Gasteiger partial charge in [0.05, 0.1) is 11.2 Å². The van der Waals surface area contributed by atoms with Crippen LogP contribution >= 0.6 is 35.8 Å². The zero-order chi connectivity index (χ0) is 19.9. The van der Waals surface area contributed by atoms with Gasteiger partial charge in [0.1, 0.15) is 5.94 Å². The largest absolute Gasteiger partial charge is 0.455 e. The molecule has 0 fully saturated rings. The Morgan fingerprint density at radius 3 is 2.72 bits per heavy atom. The number of benzene rings is 2. The average molecular weight is 448 g/mol. The number of fused-ring (bicyclic) bond motifs is 1. The van der Waals surface area contributed by atoms with Crippen molar-refractivity contribution in [3.63, 3.8) is 0 Å². The van der Waals surface area contributed by atoms with Crippen LogP contribution in [0, 0.1) is 0 Å². The SMILES string of the molecule is CC[C@@H](SCOC(C)=O)c1cccc(C=Cc2ccc3ccc(Cl)cc3n2)c1.Cl. The highest BCUT2D eigenvalue weighted by atomic mass is 35.5. The number of hydrogen-bond acceptors (Lipinski definition) is 4. The van der Waals surface area contributed by atoms with Crippen LogP contribution in [-0.2, 0) is 9.53 Å². The van der Waals surface area contributed by atoms with E-state index < -0.39 is 0 Å². The van der Waals surface area contributed by atoms with Gasteiger partial charge in [0.2, 0.25) is 0 Å². The minimum atomic E-state index is -0.247. The second-order valence-corrected chi connectivity index (χ2v) is 7.97. The number of ether oxygens (including phenoxy) is 1. The molecule has 0 N–H and O–H groups in total. The molecule has 3 aromatic rings. The van der Waals surface area contributed by atoms with Gasteiger partial charge in [-0.2, -0.15) is 0 Å². The number of halogens is 2. The van der Waals surface area contributed by atoms with E-state index in [-0.39, 0.29) is 23.6 Å². The van der Waals surface area contributed by atoms with Gasteiger partial charge in [-0.25, -0.2) is 4.98 Å². The van der Waals surface area contributed by atoms with Crippen molar-refractivity contribution >= 4 is 64.8 Å². The number of esters is 1. The van der Waals surface area contributed by atoms with Crippen molar-refractivity contribution < 1.29 is 9.53 Å². The lowest BCUT2D eigenvalue weighted by Crippen LogP contribution is -2.01. The number of pyridine rings is 1. The third-order valence-corrected chi connectivity index (χ3v) is 5.80. The monoisotopic (exact) mass is 447 g/mol. The van der Waals surface area contributed by atoms with Crippen molar-refractivity contribution in [3.8, 4) is 0 Å². The summed E-state index contributed by atoms with van der Waals surface area (Å²) in [5, 5.41) is 2.04. The molecular formula is C23H23Cl2NO2S. The summed E-state index contributed by atoms with van der Waals surface area (Å²) in [7, 11) is 0. The third kappa shape index (κ3) is 6.77. The Kier molecular flexibility index (Phi) is 9.02. The van der Waals surface area contributed by atoms with E-state index >= 15 is 0 Å². The van der Waals surface area contributed by atoms with Crippen LogP contribution in [0.3, 0.4) is 0 Å². The second-order valence-electron chi connectivity index (χ2n) is 6.39. The fourth-order valence-electron chi connectivity index (χ4n) is 2.89. The lowest BCUT2D eigenvalue weighted by molar-refractivity contribution is -0.138. The fourth-order valence-corrected chi connectivity index (χ4v) is 4.03. The molecule has 0 saturated heterocycles. The van der Waals surface area contributed by atoms with E-state index in [2.05, 4.69) is 42.2 Å². The van der Waals surface area contributed by atoms with Gasteiger partial charge < -0.3 is 4.74 Å². The van der Waals surface area contributed by atoms with Crippen molar-refractivity contribution in [2.24, 2.45) is 0 Å². The Morgan fingerprint density at radius 1 is 1.17 bits per heavy atom. The molecule has 0 bridgehead atoms. The number of carbonyl (C=O) groups excluding carboxylic acids is 1. The quantitative estimate of drug-likeness (QED) is 0.283. The summed E-state index contributed by atoms with van der Waals surface area (Å²) in [6.07, 6.45) is 5.03. The number of nitrogens with zero attached hydrogens (tertiary/aromatic N) is 1. The van der Waals surface area contributed by atoms with Crippen LogP contribution in [0.25, 0.3) is 23.1 Å². The van der Waals surface area contributed by atoms with E-state index in [0.717, 1.165) is 28.6 Å². The van der Waals surface area contributed by atoms with E-state index in [1.807, 2.05) is 36.4 Å². The molecule has 1 atom stereocenters. The van der Waals surface area contributed by atoms with E-state index in [1.54, 1.807) is 11.8 Å². The van der Waals surface area contributed by atoms with Gasteiger partial charge in [0.25, 0.3) is 0 Å². The molecule has 0 unspecified atom stereocenters. The topological polar surface area (TPSA) is 39.2 Å². The van der Waals surface area contributed by atoms with Gasteiger partial charge in [-0.3, -0.25) is 4.79 Å². The first-order valence-corrected chi connectivity index (χ1v) is 10.6. The Labute approximate surface area is 186 Å². The fraction of sp³-hybridized carbons (Fsp3) is 0.217. The van der Waals surface area contributed by atoms with Crippen molar-refractivity contribution in [1.82, 2.24) is 4.98 Å². The molecule has 0 aliphatic heterocycles. The maximum Gasteiger partial charge on any atom is 0.303 e. The molecule has 0 aliphatic carbocycles. The Hall–Kier alpha value is -2.01. The molecule has 0 radical (unpaired) electrons. The second kappa shape index (κ2) is 11.2. The van der Waals surface area contributed by atoms with Gasteiger partial charge in [-0.1, -0.05) is 61.0 Å². The summed E-state index contributed by atoms with van der Waals surface area (Å²) in [5.74, 6) is 0.125. The molecule has 0 saturated carbocycles. The molecule has 3 nitrogen and oxygen atoms in total. The molecule has 3 rings (SSSR count). The van der Waals surface area contributed by atoms with Crippen LogP contribution < -0.4 is 0 Å². The van der Waals surface area contributed by atoms with Crippen LogP contribution in [0.2, 0.25) is 5.02 Å². The van der Waals surface area contributed by atoms with E-state index in [0.29, 0.717) is 11.0 Å². The molecule has 0 amide bonds. The number of rotatable bonds is 7. The van der Waals surface area contributed by atoms with Crippen molar-refractivity contribution in [2.75, 3.05) is 5.94 Å². The lowest BCUT2D eigenvalue weighted by Gasteiger charge is -2.15. The molecule has 0 spiro atoms. The first kappa shape index (κ1) is 23.3. The van der Waals surface area contributed by atoms with Crippen molar-refractivity contribution in [3.05, 3.63) is 76.4 Å². The zero-order valence-corrected chi connectivity index (χ0v) is 18.7. The van der Waals surface area contributed by atoms with E-state index in [4.69, 9.17) is 16.3 Å². The van der Waals surface area contributed by atoms with Gasteiger partial charge in [0.15, 0.2) is 0 Å². The normalized spacial score (nSPS) is 12.0. The number of thioether (sulfide) groups is 1. The number of aromatic nitrogens is 1. The minimum Gasteiger partial charge on any atom is -0.455 e. The highest BCUT2D eigenvalue weighted by molar-refractivity contribution is 7.99. The Bertz CT molecular complexity index is 1010. The molecule has 1 aromatic heterocycles. The summed E-state index contributed by atoms with van der Waals surface area (Å²) in [6, 6.07) is 18.2. The third-order valence-electron chi connectivity index (χ3n) is 4.31. The van der Waals surface area contributed by atoms with Crippen LogP contribution in [0.5, 0.6) is 0 Å². The average Bonchev–Trinajstić information content (AvgIpc) is 2.69. The van der Waals surface area contributed by atoms with Gasteiger partial charge >= 0.3 is 5.97 Å². The van der Waals surface area contributed by atoms with Crippen LogP contribution in [0.15, 0.2) is 54.6 Å². The molecular weight excluding hydrogens is 425 g/mol. The summed E-state index contributed by atoms with van der Waals surface area (Å²) in [6.45, 7) is 3.57. The maximum absolute atomic E-state index is 11.0. The minimum absolute atomic E-state index is 0. The molecule has 152 valence electrons. The van der Waals surface area contributed by atoms with Crippen LogP contribution in [0.1, 0.15) is 42.3 Å². The van der Waals surface area contributed by atoms with Gasteiger partial charge in [0, 0.05) is 22.6 Å². The predicted molar refractivity (Wildman–Crippen MR) is 127 cm³/mol. The summed E-state index contributed by atoms with van der Waals surface area (Å²) < 4.78 is 5.07. The molecule has 6 heteroatoms. The lowest BCUT2D eigenvalue weighted by atomic mass is 10.1. The van der Waals surface area contributed by atoms with Crippen molar-refractivity contribution in [1.29, 1.82) is 0 Å². The zero-order valence-electron chi connectivity index (χ0n) is 16.3. The molecule has 29 heavy (non-hydrogen) atoms. The van der Waals surface area contributed by atoms with Crippen molar-refractivity contribution in [2.45, 2.75) is 25.5 Å². The standard InChI is InChI=1S/C23H22ClNO2S.ClH/c1-3-23(28-15-27-16(2)26)19-6-4-5-17(13-19)7-11-21-12-9-18-8-10-20(24)14-22(18)25-21;/h4-14,23H,3,15H2,1-2H3;1H/t23-;/m1./s1. The Balaban J connectivity index is 0.00000300. The summed E-state index contributed by atoms with van der Waals surface area (Å²) in [4.78, 5) is 15.6. The molecule has 2 aromatic carbocycles. The van der Waals surface area contributed by atoms with Gasteiger partial charge in [-0.15, -0.1) is 24.2 Å². The molecule has 0 aliphatic rings. The smallest absolute Gasteiger partial charge is 0.303 e. The van der Waals surface area contributed by atoms with E-state index in [1.165, 1.54) is 12.5 Å². The van der Waals surface area contributed by atoms with Crippen LogP contribution in [-0.4, -0.2) is 16.9 Å². The van der Waals surface area contributed by atoms with E-state index in [9.17, 15) is 4.79 Å². The summed E-state index contributed by atoms with van der Waals surface area (Å²) in [5.41, 5.74) is 4.10. The Morgan fingerprint density at radius 2 is 1.97 bits per heavy atom. The first-order valence-electron chi connectivity index (χ1n) is 9.14. The number of hydrogen-bond donors (Lipinski definition) is 0. The highest BCUT2D eigenvalue weighted by Gasteiger charge is 2.11.